The zero-order chi connectivity index (χ0) is 22.1. The number of ketones is 2. The van der Waals surface area contributed by atoms with Crippen LogP contribution < -0.4 is 5.32 Å². The molecule has 1 aliphatic rings. The minimum atomic E-state index is -0.631. The second-order valence-electron chi connectivity index (χ2n) is 8.24. The van der Waals surface area contributed by atoms with Gasteiger partial charge in [0.15, 0.2) is 0 Å². The molecule has 31 heavy (non-hydrogen) atoms. The number of aliphatic hydroxyl groups excluding tert-OH is 1. The van der Waals surface area contributed by atoms with Crippen LogP contribution in [0, 0.1) is 0 Å². The Morgan fingerprint density at radius 2 is 1.32 bits per heavy atom. The third-order valence-electron chi connectivity index (χ3n) is 5.93. The standard InChI is InChI=1S/C27H33NO3/c1-2-3-4-5-6-7-8-14-19-28-24(20-15-10-9-11-16-20)23-25(29)21-17-12-13-18-22(21)26(30)27(23)31/h9-13,15-18,24,28-29H,2-8,14,19H2,1H3. The average Bonchev–Trinajstić information content (AvgIpc) is 2.81. The van der Waals surface area contributed by atoms with Crippen molar-refractivity contribution in [1.82, 2.24) is 5.32 Å². The first-order valence-corrected chi connectivity index (χ1v) is 11.5. The summed E-state index contributed by atoms with van der Waals surface area (Å²) in [6.07, 6.45) is 9.78. The molecule has 2 aromatic rings. The Kier molecular flexibility index (Phi) is 8.60. The normalized spacial score (nSPS) is 14.6. The first kappa shape index (κ1) is 23.0. The number of hydrogen-bond donors (Lipinski definition) is 2. The zero-order valence-corrected chi connectivity index (χ0v) is 18.4. The number of nitrogens with one attached hydrogen (secondary N) is 1. The van der Waals surface area contributed by atoms with E-state index >= 15 is 0 Å². The summed E-state index contributed by atoms with van der Waals surface area (Å²) in [7, 11) is 0. The van der Waals surface area contributed by atoms with Crippen LogP contribution in [-0.2, 0) is 4.79 Å². The van der Waals surface area contributed by atoms with Crippen LogP contribution in [-0.4, -0.2) is 23.2 Å². The third kappa shape index (κ3) is 5.71. The first-order valence-electron chi connectivity index (χ1n) is 11.5. The van der Waals surface area contributed by atoms with Crippen LogP contribution in [0.3, 0.4) is 0 Å². The molecule has 4 heteroatoms. The maximum atomic E-state index is 13.0. The van der Waals surface area contributed by atoms with Gasteiger partial charge in [0.25, 0.3) is 0 Å². The smallest absolute Gasteiger partial charge is 0.235 e. The van der Waals surface area contributed by atoms with E-state index in [4.69, 9.17) is 0 Å². The molecular weight excluding hydrogens is 386 g/mol. The van der Waals surface area contributed by atoms with E-state index < -0.39 is 17.6 Å². The van der Waals surface area contributed by atoms with Crippen molar-refractivity contribution >= 4 is 17.3 Å². The minimum absolute atomic E-state index is 0.0996. The maximum absolute atomic E-state index is 13.0. The molecule has 164 valence electrons. The maximum Gasteiger partial charge on any atom is 0.235 e. The van der Waals surface area contributed by atoms with Crippen molar-refractivity contribution < 1.29 is 14.7 Å². The fourth-order valence-corrected chi connectivity index (χ4v) is 4.19. The summed E-state index contributed by atoms with van der Waals surface area (Å²) < 4.78 is 0. The molecule has 0 saturated heterocycles. The number of aliphatic hydroxyl groups is 1. The van der Waals surface area contributed by atoms with Gasteiger partial charge in [0.05, 0.1) is 11.6 Å². The van der Waals surface area contributed by atoms with Crippen molar-refractivity contribution in [3.63, 3.8) is 0 Å². The Hall–Kier alpha value is -2.72. The van der Waals surface area contributed by atoms with Gasteiger partial charge >= 0.3 is 0 Å². The number of rotatable bonds is 12. The molecule has 1 atom stereocenters. The summed E-state index contributed by atoms with van der Waals surface area (Å²) in [5.41, 5.74) is 1.71. The topological polar surface area (TPSA) is 66.4 Å². The average molecular weight is 420 g/mol. The van der Waals surface area contributed by atoms with Gasteiger partial charge in [0.2, 0.25) is 11.6 Å². The molecule has 0 bridgehead atoms. The van der Waals surface area contributed by atoms with E-state index in [1.807, 2.05) is 30.3 Å². The number of hydrogen-bond acceptors (Lipinski definition) is 4. The van der Waals surface area contributed by atoms with Crippen LogP contribution in [0.15, 0.2) is 60.2 Å². The van der Waals surface area contributed by atoms with Gasteiger partial charge in [-0.05, 0) is 18.5 Å². The van der Waals surface area contributed by atoms with Crippen LogP contribution in [0.5, 0.6) is 0 Å². The second kappa shape index (κ2) is 11.6. The summed E-state index contributed by atoms with van der Waals surface area (Å²) in [6.45, 7) is 2.94. The molecular formula is C27H33NO3. The second-order valence-corrected chi connectivity index (χ2v) is 8.24. The Balaban J connectivity index is 1.72. The predicted molar refractivity (Wildman–Crippen MR) is 125 cm³/mol. The van der Waals surface area contributed by atoms with E-state index in [1.54, 1.807) is 24.3 Å². The van der Waals surface area contributed by atoms with Gasteiger partial charge < -0.3 is 10.4 Å². The molecule has 1 aliphatic carbocycles. The van der Waals surface area contributed by atoms with Crippen molar-refractivity contribution in [3.8, 4) is 0 Å². The molecule has 0 aliphatic heterocycles. The molecule has 0 radical (unpaired) electrons. The first-order chi connectivity index (χ1) is 15.1. The summed E-state index contributed by atoms with van der Waals surface area (Å²) >= 11 is 0. The number of Topliss-reactive ketones (excluding diaryl/α,β-unsaturated/α-hetero) is 2. The molecule has 0 spiro atoms. The van der Waals surface area contributed by atoms with Gasteiger partial charge in [-0.3, -0.25) is 9.59 Å². The molecule has 0 saturated carbocycles. The zero-order valence-electron chi connectivity index (χ0n) is 18.4. The molecule has 0 amide bonds. The Labute approximate surface area is 185 Å². The summed E-state index contributed by atoms with van der Waals surface area (Å²) in [4.78, 5) is 25.7. The fraction of sp³-hybridized carbons (Fsp3) is 0.407. The third-order valence-corrected chi connectivity index (χ3v) is 5.93. The lowest BCUT2D eigenvalue weighted by Gasteiger charge is -2.26. The van der Waals surface area contributed by atoms with Crippen molar-refractivity contribution in [3.05, 3.63) is 76.9 Å². The van der Waals surface area contributed by atoms with Gasteiger partial charge in [0.1, 0.15) is 5.76 Å². The van der Waals surface area contributed by atoms with Gasteiger partial charge in [-0.15, -0.1) is 0 Å². The number of fused-ring (bicyclic) bond motifs is 1. The molecule has 3 rings (SSSR count). The number of carbonyl (C=O) groups excluding carboxylic acids is 2. The van der Waals surface area contributed by atoms with Crippen LogP contribution in [0.4, 0.5) is 0 Å². The fourth-order valence-electron chi connectivity index (χ4n) is 4.19. The van der Waals surface area contributed by atoms with E-state index in [2.05, 4.69) is 12.2 Å². The van der Waals surface area contributed by atoms with Crippen molar-refractivity contribution in [1.29, 1.82) is 0 Å². The van der Waals surface area contributed by atoms with Crippen molar-refractivity contribution in [2.24, 2.45) is 0 Å². The van der Waals surface area contributed by atoms with Gasteiger partial charge in [0, 0.05) is 11.1 Å². The molecule has 0 heterocycles. The van der Waals surface area contributed by atoms with Crippen molar-refractivity contribution in [2.75, 3.05) is 6.54 Å². The van der Waals surface area contributed by atoms with E-state index in [9.17, 15) is 14.7 Å². The summed E-state index contributed by atoms with van der Waals surface area (Å²) in [6, 6.07) is 15.8. The van der Waals surface area contributed by atoms with Gasteiger partial charge in [-0.25, -0.2) is 0 Å². The summed E-state index contributed by atoms with van der Waals surface area (Å²) in [5.74, 6) is -1.29. The SMILES string of the molecule is CCCCCCCCCCNC(C1=C(O)c2ccccc2C(=O)C1=O)c1ccccc1. The highest BCUT2D eigenvalue weighted by Gasteiger charge is 2.37. The lowest BCUT2D eigenvalue weighted by molar-refractivity contribution is -0.112. The van der Waals surface area contributed by atoms with E-state index in [0.717, 1.165) is 18.4 Å². The Morgan fingerprint density at radius 3 is 2.00 bits per heavy atom. The highest BCUT2D eigenvalue weighted by molar-refractivity contribution is 6.52. The molecule has 0 aromatic heterocycles. The quantitative estimate of drug-likeness (QED) is 0.318. The van der Waals surface area contributed by atoms with E-state index in [-0.39, 0.29) is 16.9 Å². The van der Waals surface area contributed by atoms with E-state index in [0.29, 0.717) is 12.1 Å². The lowest BCUT2D eigenvalue weighted by Crippen LogP contribution is -2.34. The highest BCUT2D eigenvalue weighted by atomic mass is 16.3. The number of carbonyl (C=O) groups is 2. The van der Waals surface area contributed by atoms with Crippen LogP contribution >= 0.6 is 0 Å². The van der Waals surface area contributed by atoms with Crippen molar-refractivity contribution in [2.45, 2.75) is 64.3 Å². The number of unbranched alkanes of at least 4 members (excludes halogenated alkanes) is 7. The highest BCUT2D eigenvalue weighted by Crippen LogP contribution is 2.34. The largest absolute Gasteiger partial charge is 0.507 e. The molecule has 2 N–H and O–H groups in total. The molecule has 2 aromatic carbocycles. The van der Waals surface area contributed by atoms with Crippen LogP contribution in [0.25, 0.3) is 5.76 Å². The Bertz CT molecular complexity index is 917. The monoisotopic (exact) mass is 419 g/mol. The van der Waals surface area contributed by atoms with Gasteiger partial charge in [-0.1, -0.05) is 106 Å². The lowest BCUT2D eigenvalue weighted by atomic mass is 9.83. The van der Waals surface area contributed by atoms with Gasteiger partial charge in [-0.2, -0.15) is 0 Å². The Morgan fingerprint density at radius 1 is 0.742 bits per heavy atom. The number of benzene rings is 2. The minimum Gasteiger partial charge on any atom is -0.507 e. The van der Waals surface area contributed by atoms with Crippen LogP contribution in [0.2, 0.25) is 0 Å². The van der Waals surface area contributed by atoms with Crippen LogP contribution in [0.1, 0.15) is 85.8 Å². The predicted octanol–water partition coefficient (Wildman–Crippen LogP) is 6.19. The molecule has 1 unspecified atom stereocenters. The molecule has 0 fully saturated rings. The molecule has 4 nitrogen and oxygen atoms in total. The van der Waals surface area contributed by atoms with E-state index in [1.165, 1.54) is 38.5 Å². The summed E-state index contributed by atoms with van der Waals surface area (Å²) in [5, 5.41) is 14.4.